The second-order valence-corrected chi connectivity index (χ2v) is 8.87. The van der Waals surface area contributed by atoms with Crippen molar-refractivity contribution in [3.63, 3.8) is 0 Å². The summed E-state index contributed by atoms with van der Waals surface area (Å²) in [5.41, 5.74) is 1.25. The third kappa shape index (κ3) is 3.95. The topological polar surface area (TPSA) is 59.1 Å². The first-order valence-electron chi connectivity index (χ1n) is 7.08. The normalized spacial score (nSPS) is 26.2. The maximum atomic E-state index is 11.4. The fraction of sp³-hybridized carbons (Fsp3) is 0.667. The van der Waals surface area contributed by atoms with Crippen molar-refractivity contribution in [2.24, 2.45) is 11.3 Å². The van der Waals surface area contributed by atoms with Crippen molar-refractivity contribution in [2.75, 3.05) is 11.6 Å². The summed E-state index contributed by atoms with van der Waals surface area (Å²) in [5, 5.41) is 3.61. The first kappa shape index (κ1) is 15.3. The molecule has 1 heterocycles. The van der Waals surface area contributed by atoms with Gasteiger partial charge < -0.3 is 5.32 Å². The first-order chi connectivity index (χ1) is 9.16. The number of rotatable bonds is 3. The van der Waals surface area contributed by atoms with Crippen LogP contribution < -0.4 is 5.32 Å². The number of pyridine rings is 1. The lowest BCUT2D eigenvalue weighted by molar-refractivity contribution is 0.178. The Bertz CT molecular complexity index is 564. The molecule has 0 saturated heterocycles. The molecular formula is C15H24N2O2S. The van der Waals surface area contributed by atoms with Gasteiger partial charge in [-0.3, -0.25) is 0 Å². The Morgan fingerprint density at radius 2 is 2.00 bits per heavy atom. The van der Waals surface area contributed by atoms with E-state index in [-0.39, 0.29) is 5.03 Å². The van der Waals surface area contributed by atoms with E-state index in [0.717, 1.165) is 18.5 Å². The van der Waals surface area contributed by atoms with E-state index < -0.39 is 9.84 Å². The van der Waals surface area contributed by atoms with Crippen molar-refractivity contribution in [2.45, 2.75) is 51.1 Å². The lowest BCUT2D eigenvalue weighted by Gasteiger charge is -2.39. The molecule has 2 unspecified atom stereocenters. The average molecular weight is 296 g/mol. The molecule has 1 aromatic heterocycles. The fourth-order valence-corrected chi connectivity index (χ4v) is 3.94. The molecule has 0 aliphatic heterocycles. The lowest BCUT2D eigenvalue weighted by Crippen LogP contribution is -2.35. The standard InChI is InChI=1S/C15H24N2O2S/c1-11-7-13(9-15(2,3)8-11)17-12-5-6-14(16-10-12)20(4,18)19/h5-6,10-11,13,17H,7-9H2,1-4H3. The quantitative estimate of drug-likeness (QED) is 0.931. The van der Waals surface area contributed by atoms with E-state index in [1.165, 1.54) is 12.7 Å². The van der Waals surface area contributed by atoms with Gasteiger partial charge in [0.2, 0.25) is 0 Å². The van der Waals surface area contributed by atoms with Gasteiger partial charge in [0, 0.05) is 12.3 Å². The van der Waals surface area contributed by atoms with Gasteiger partial charge in [-0.25, -0.2) is 13.4 Å². The first-order valence-corrected chi connectivity index (χ1v) is 8.97. The number of anilines is 1. The second-order valence-electron chi connectivity index (χ2n) is 6.91. The van der Waals surface area contributed by atoms with Crippen LogP contribution in [0.2, 0.25) is 0 Å². The molecule has 0 amide bonds. The van der Waals surface area contributed by atoms with Crippen molar-refractivity contribution < 1.29 is 8.42 Å². The van der Waals surface area contributed by atoms with Crippen LogP contribution >= 0.6 is 0 Å². The number of hydrogen-bond acceptors (Lipinski definition) is 4. The minimum Gasteiger partial charge on any atom is -0.381 e. The second kappa shape index (κ2) is 5.35. The molecule has 2 rings (SSSR count). The van der Waals surface area contributed by atoms with Gasteiger partial charge in [0.15, 0.2) is 14.9 Å². The fourth-order valence-electron chi connectivity index (χ4n) is 3.38. The number of nitrogens with one attached hydrogen (secondary N) is 1. The molecule has 5 heteroatoms. The van der Waals surface area contributed by atoms with E-state index in [9.17, 15) is 8.42 Å². The van der Waals surface area contributed by atoms with E-state index in [4.69, 9.17) is 0 Å². The Kier molecular flexibility index (Phi) is 4.09. The Labute approximate surface area is 121 Å². The van der Waals surface area contributed by atoms with Gasteiger partial charge in [-0.1, -0.05) is 20.8 Å². The van der Waals surface area contributed by atoms with Crippen LogP contribution in [0.4, 0.5) is 5.69 Å². The van der Waals surface area contributed by atoms with Gasteiger partial charge in [-0.2, -0.15) is 0 Å². The minimum absolute atomic E-state index is 0.125. The maximum absolute atomic E-state index is 11.4. The van der Waals surface area contributed by atoms with E-state index >= 15 is 0 Å². The van der Waals surface area contributed by atoms with Gasteiger partial charge >= 0.3 is 0 Å². The van der Waals surface area contributed by atoms with Gasteiger partial charge in [0.1, 0.15) is 0 Å². The predicted octanol–water partition coefficient (Wildman–Crippen LogP) is 3.11. The van der Waals surface area contributed by atoms with Crippen LogP contribution in [-0.4, -0.2) is 25.7 Å². The number of nitrogens with zero attached hydrogens (tertiary/aromatic N) is 1. The summed E-state index contributed by atoms with van der Waals surface area (Å²) in [7, 11) is -3.22. The van der Waals surface area contributed by atoms with Crippen LogP contribution in [0.5, 0.6) is 0 Å². The highest BCUT2D eigenvalue weighted by Crippen LogP contribution is 2.39. The van der Waals surface area contributed by atoms with Crippen LogP contribution in [-0.2, 0) is 9.84 Å². The molecule has 1 aliphatic rings. The van der Waals surface area contributed by atoms with E-state index in [1.54, 1.807) is 18.3 Å². The highest BCUT2D eigenvalue weighted by Gasteiger charge is 2.31. The zero-order valence-corrected chi connectivity index (χ0v) is 13.5. The van der Waals surface area contributed by atoms with Crippen molar-refractivity contribution in [3.8, 4) is 0 Å². The Balaban J connectivity index is 2.07. The Morgan fingerprint density at radius 3 is 2.50 bits per heavy atom. The minimum atomic E-state index is -3.22. The average Bonchev–Trinajstić information content (AvgIpc) is 2.25. The highest BCUT2D eigenvalue weighted by molar-refractivity contribution is 7.90. The van der Waals surface area contributed by atoms with Crippen LogP contribution in [0.1, 0.15) is 40.0 Å². The van der Waals surface area contributed by atoms with Gasteiger partial charge in [0.25, 0.3) is 0 Å². The van der Waals surface area contributed by atoms with Crippen molar-refractivity contribution >= 4 is 15.5 Å². The molecule has 0 spiro atoms. The summed E-state index contributed by atoms with van der Waals surface area (Å²) >= 11 is 0. The number of hydrogen-bond donors (Lipinski definition) is 1. The van der Waals surface area contributed by atoms with Gasteiger partial charge in [0.05, 0.1) is 11.9 Å². The zero-order valence-electron chi connectivity index (χ0n) is 12.7. The lowest BCUT2D eigenvalue weighted by atomic mass is 9.70. The Hall–Kier alpha value is -1.10. The summed E-state index contributed by atoms with van der Waals surface area (Å²) in [5.74, 6) is 0.708. The van der Waals surface area contributed by atoms with Crippen molar-refractivity contribution in [1.82, 2.24) is 4.98 Å². The molecule has 20 heavy (non-hydrogen) atoms. The molecule has 1 saturated carbocycles. The zero-order chi connectivity index (χ0) is 15.0. The molecule has 0 aromatic carbocycles. The monoisotopic (exact) mass is 296 g/mol. The van der Waals surface area contributed by atoms with Crippen molar-refractivity contribution in [1.29, 1.82) is 0 Å². The molecule has 4 nitrogen and oxygen atoms in total. The smallest absolute Gasteiger partial charge is 0.192 e. The Morgan fingerprint density at radius 1 is 1.30 bits per heavy atom. The number of sulfone groups is 1. The molecule has 1 aliphatic carbocycles. The van der Waals surface area contributed by atoms with Gasteiger partial charge in [-0.05, 0) is 42.7 Å². The molecular weight excluding hydrogens is 272 g/mol. The summed E-state index contributed by atoms with van der Waals surface area (Å²) in [6, 6.07) is 3.80. The number of aromatic nitrogens is 1. The molecule has 0 bridgehead atoms. The summed E-state index contributed by atoms with van der Waals surface area (Å²) in [6.45, 7) is 6.91. The third-order valence-corrected chi connectivity index (χ3v) is 4.88. The SMILES string of the molecule is CC1CC(Nc2ccc(S(C)(=O)=O)nc2)CC(C)(C)C1. The molecule has 1 aromatic rings. The highest BCUT2D eigenvalue weighted by atomic mass is 32.2. The van der Waals surface area contributed by atoms with Gasteiger partial charge in [-0.15, -0.1) is 0 Å². The van der Waals surface area contributed by atoms with E-state index in [1.807, 2.05) is 0 Å². The van der Waals surface area contributed by atoms with Crippen LogP contribution in [0, 0.1) is 11.3 Å². The maximum Gasteiger partial charge on any atom is 0.192 e. The summed E-state index contributed by atoms with van der Waals surface area (Å²) in [6.07, 6.45) is 6.33. The van der Waals surface area contributed by atoms with E-state index in [0.29, 0.717) is 17.4 Å². The third-order valence-electron chi connectivity index (χ3n) is 3.87. The van der Waals surface area contributed by atoms with Crippen molar-refractivity contribution in [3.05, 3.63) is 18.3 Å². The van der Waals surface area contributed by atoms with Crippen LogP contribution in [0.25, 0.3) is 0 Å². The van der Waals surface area contributed by atoms with E-state index in [2.05, 4.69) is 31.1 Å². The molecule has 112 valence electrons. The summed E-state index contributed by atoms with van der Waals surface area (Å²) in [4.78, 5) is 4.02. The molecule has 2 atom stereocenters. The van der Waals surface area contributed by atoms with Crippen LogP contribution in [0.15, 0.2) is 23.4 Å². The van der Waals surface area contributed by atoms with Crippen LogP contribution in [0.3, 0.4) is 0 Å². The predicted molar refractivity (Wildman–Crippen MR) is 81.6 cm³/mol. The molecule has 1 fully saturated rings. The molecule has 0 radical (unpaired) electrons. The summed E-state index contributed by atoms with van der Waals surface area (Å²) < 4.78 is 22.8. The molecule has 1 N–H and O–H groups in total. The largest absolute Gasteiger partial charge is 0.381 e.